The lowest BCUT2D eigenvalue weighted by atomic mass is 9.82. The van der Waals surface area contributed by atoms with Crippen molar-refractivity contribution in [2.75, 3.05) is 29.0 Å². The van der Waals surface area contributed by atoms with Gasteiger partial charge in [0.05, 0.1) is 23.7 Å². The van der Waals surface area contributed by atoms with E-state index >= 15 is 0 Å². The van der Waals surface area contributed by atoms with Crippen molar-refractivity contribution in [2.45, 2.75) is 77.0 Å². The van der Waals surface area contributed by atoms with Gasteiger partial charge in [0, 0.05) is 24.2 Å². The number of fused-ring (bicyclic) bond motifs is 1. The van der Waals surface area contributed by atoms with Crippen molar-refractivity contribution in [2.24, 2.45) is 0 Å². The van der Waals surface area contributed by atoms with E-state index in [1.807, 2.05) is 32.0 Å². The quantitative estimate of drug-likeness (QED) is 0.213. The number of halogens is 1. The third-order valence-electron chi connectivity index (χ3n) is 6.93. The summed E-state index contributed by atoms with van der Waals surface area (Å²) in [5.41, 5.74) is 1.36. The fourth-order valence-corrected chi connectivity index (χ4v) is 5.56. The first-order valence-electron chi connectivity index (χ1n) is 13.1. The molecule has 4 N–H and O–H groups in total. The second kappa shape index (κ2) is 13.3. The minimum atomic E-state index is -3.59. The maximum absolute atomic E-state index is 13.2. The highest BCUT2D eigenvalue weighted by Gasteiger charge is 2.43. The number of nitrogens with one attached hydrogen (secondary N) is 2. The number of para-hydroxylation sites is 1. The van der Waals surface area contributed by atoms with Crippen molar-refractivity contribution in [3.05, 3.63) is 53.6 Å². The van der Waals surface area contributed by atoms with E-state index in [0.29, 0.717) is 18.5 Å². The highest BCUT2D eigenvalue weighted by molar-refractivity contribution is 8.93. The van der Waals surface area contributed by atoms with E-state index in [9.17, 15) is 23.4 Å². The molecule has 1 aliphatic rings. The van der Waals surface area contributed by atoms with Gasteiger partial charge in [-0.25, -0.2) is 13.2 Å². The lowest BCUT2D eigenvalue weighted by Crippen LogP contribution is -2.49. The average molecular weight is 629 g/mol. The Morgan fingerprint density at radius 2 is 1.74 bits per heavy atom. The number of carbonyl (C=O) groups excluding carboxylic acids is 1. The highest BCUT2D eigenvalue weighted by Crippen LogP contribution is 2.45. The molecular weight excluding hydrogens is 586 g/mol. The molecule has 2 aromatic rings. The third kappa shape index (κ3) is 8.33. The van der Waals surface area contributed by atoms with Crippen molar-refractivity contribution in [1.82, 2.24) is 5.32 Å². The minimum absolute atomic E-state index is 0. The second-order valence-corrected chi connectivity index (χ2v) is 12.5. The van der Waals surface area contributed by atoms with Crippen LogP contribution in [-0.2, 0) is 20.4 Å². The first kappa shape index (κ1) is 32.9. The lowest BCUT2D eigenvalue weighted by molar-refractivity contribution is -0.00977. The Bertz CT molecular complexity index is 1230. The summed E-state index contributed by atoms with van der Waals surface area (Å²) in [5.74, 6) is -0.227. The maximum atomic E-state index is 13.2. The maximum Gasteiger partial charge on any atom is 0.415 e. The molecule has 0 aliphatic carbocycles. The van der Waals surface area contributed by atoms with Crippen LogP contribution in [0, 0.1) is 0 Å². The summed E-state index contributed by atoms with van der Waals surface area (Å²) in [4.78, 5) is 14.9. The zero-order valence-electron chi connectivity index (χ0n) is 23.4. The van der Waals surface area contributed by atoms with Crippen LogP contribution in [0.15, 0.2) is 42.5 Å². The van der Waals surface area contributed by atoms with E-state index in [1.165, 1.54) is 12.1 Å². The molecule has 0 spiro atoms. The molecule has 0 saturated carbocycles. The van der Waals surface area contributed by atoms with Crippen LogP contribution in [0.4, 0.5) is 16.2 Å². The number of amides is 1. The standard InChI is InChI=1S/C28H41N3O6S.BrH/c1-6-14-28(15-7-2)21-10-8-9-11-23(21)31(26(34)37-28)17-16-27(3,4)29-19-25(33)20-12-13-24(32)22(18-20)30-38(5,35)36;/h8-13,18,25,29-30,32-33H,6-7,14-17,19H2,1-5H3;1H. The fourth-order valence-electron chi connectivity index (χ4n) is 5.00. The van der Waals surface area contributed by atoms with Gasteiger partial charge in [-0.15, -0.1) is 17.0 Å². The lowest BCUT2D eigenvalue weighted by Gasteiger charge is -2.43. The zero-order chi connectivity index (χ0) is 28.1. The minimum Gasteiger partial charge on any atom is -0.506 e. The fraction of sp³-hybridized carbons (Fsp3) is 0.536. The number of nitrogens with zero attached hydrogens (tertiary/aromatic N) is 1. The summed E-state index contributed by atoms with van der Waals surface area (Å²) in [7, 11) is -3.59. The van der Waals surface area contributed by atoms with E-state index in [2.05, 4.69) is 30.0 Å². The Morgan fingerprint density at radius 1 is 1.10 bits per heavy atom. The molecule has 1 heterocycles. The molecule has 0 fully saturated rings. The molecule has 0 radical (unpaired) electrons. The van der Waals surface area contributed by atoms with E-state index in [1.54, 1.807) is 11.0 Å². The Hall–Kier alpha value is -2.34. The summed E-state index contributed by atoms with van der Waals surface area (Å²) in [6.07, 6.45) is 3.68. The third-order valence-corrected chi connectivity index (χ3v) is 7.52. The van der Waals surface area contributed by atoms with E-state index < -0.39 is 27.3 Å². The van der Waals surface area contributed by atoms with Gasteiger partial charge in [-0.2, -0.15) is 0 Å². The topological polar surface area (TPSA) is 128 Å². The Labute approximate surface area is 242 Å². The number of sulfonamides is 1. The molecule has 3 rings (SSSR count). The van der Waals surface area contributed by atoms with Gasteiger partial charge in [0.1, 0.15) is 11.4 Å². The van der Waals surface area contributed by atoms with E-state index in [-0.39, 0.29) is 41.1 Å². The van der Waals surface area contributed by atoms with Crippen LogP contribution in [0.1, 0.15) is 77.0 Å². The SMILES string of the molecule is Br.CCCC1(CCC)OC(=O)N(CCC(C)(C)NCC(O)c2ccc(O)c(NS(C)(=O)=O)c2)c2ccccc21. The number of carbonyl (C=O) groups is 1. The number of aromatic hydroxyl groups is 1. The van der Waals surface area contributed by atoms with Gasteiger partial charge in [-0.3, -0.25) is 9.62 Å². The average Bonchev–Trinajstić information content (AvgIpc) is 2.83. The number of phenols is 1. The number of anilines is 2. The van der Waals surface area contributed by atoms with Gasteiger partial charge < -0.3 is 20.3 Å². The molecule has 9 nitrogen and oxygen atoms in total. The summed E-state index contributed by atoms with van der Waals surface area (Å²) >= 11 is 0. The van der Waals surface area contributed by atoms with Crippen LogP contribution in [0.3, 0.4) is 0 Å². The number of β-amino-alcohol motifs (C(OH)–C–C–N with tert-alkyl or cyclic N) is 1. The molecule has 0 saturated heterocycles. The van der Waals surface area contributed by atoms with Crippen LogP contribution < -0.4 is 14.9 Å². The summed E-state index contributed by atoms with van der Waals surface area (Å²) < 4.78 is 31.5. The van der Waals surface area contributed by atoms with Gasteiger partial charge in [0.15, 0.2) is 0 Å². The number of hydrogen-bond acceptors (Lipinski definition) is 7. The van der Waals surface area contributed by atoms with E-state index in [0.717, 1.165) is 43.2 Å². The van der Waals surface area contributed by atoms with Gasteiger partial charge in [0.25, 0.3) is 0 Å². The van der Waals surface area contributed by atoms with Crippen molar-refractivity contribution in [3.63, 3.8) is 0 Å². The molecule has 1 atom stereocenters. The second-order valence-electron chi connectivity index (χ2n) is 10.7. The molecular formula is C28H42BrN3O6S. The summed E-state index contributed by atoms with van der Waals surface area (Å²) in [6, 6.07) is 12.3. The molecule has 0 aromatic heterocycles. The molecule has 2 aromatic carbocycles. The smallest absolute Gasteiger partial charge is 0.415 e. The van der Waals surface area contributed by atoms with Gasteiger partial charge in [0.2, 0.25) is 10.0 Å². The normalized spacial score (nSPS) is 15.6. The number of ether oxygens (including phenoxy) is 1. The summed E-state index contributed by atoms with van der Waals surface area (Å²) in [6.45, 7) is 8.81. The van der Waals surface area contributed by atoms with Crippen LogP contribution in [-0.4, -0.2) is 49.6 Å². The molecule has 1 unspecified atom stereocenters. The zero-order valence-corrected chi connectivity index (χ0v) is 25.9. The largest absolute Gasteiger partial charge is 0.506 e. The monoisotopic (exact) mass is 627 g/mol. The van der Waals surface area contributed by atoms with Crippen molar-refractivity contribution in [1.29, 1.82) is 0 Å². The number of hydrogen-bond donors (Lipinski definition) is 4. The van der Waals surface area contributed by atoms with Crippen molar-refractivity contribution in [3.8, 4) is 5.75 Å². The van der Waals surface area contributed by atoms with Gasteiger partial charge >= 0.3 is 6.09 Å². The van der Waals surface area contributed by atoms with Crippen LogP contribution in [0.25, 0.3) is 0 Å². The van der Waals surface area contributed by atoms with Crippen LogP contribution in [0.2, 0.25) is 0 Å². The van der Waals surface area contributed by atoms with Crippen molar-refractivity contribution >= 4 is 44.5 Å². The Kier molecular flexibility index (Phi) is 11.2. The Balaban J connectivity index is 0.00000533. The predicted molar refractivity (Wildman–Crippen MR) is 160 cm³/mol. The number of benzene rings is 2. The molecule has 1 aliphatic heterocycles. The number of aliphatic hydroxyl groups excluding tert-OH is 1. The first-order valence-corrected chi connectivity index (χ1v) is 15.0. The van der Waals surface area contributed by atoms with Crippen LogP contribution >= 0.6 is 17.0 Å². The van der Waals surface area contributed by atoms with Gasteiger partial charge in [-0.1, -0.05) is 51.0 Å². The van der Waals surface area contributed by atoms with Crippen molar-refractivity contribution < 1.29 is 28.2 Å². The summed E-state index contributed by atoms with van der Waals surface area (Å²) in [5, 5.41) is 24.0. The molecule has 1 amide bonds. The molecule has 11 heteroatoms. The molecule has 39 heavy (non-hydrogen) atoms. The molecule has 0 bridgehead atoms. The number of rotatable bonds is 13. The van der Waals surface area contributed by atoms with E-state index in [4.69, 9.17) is 4.74 Å². The van der Waals surface area contributed by atoms with Crippen LogP contribution in [0.5, 0.6) is 5.75 Å². The Morgan fingerprint density at radius 3 is 2.36 bits per heavy atom. The number of phenolic OH excluding ortho intramolecular Hbond substituents is 1. The predicted octanol–water partition coefficient (Wildman–Crippen LogP) is 5.59. The first-order chi connectivity index (χ1) is 17.8. The highest BCUT2D eigenvalue weighted by atomic mass is 79.9. The number of aliphatic hydroxyl groups is 1. The van der Waals surface area contributed by atoms with Gasteiger partial charge in [-0.05, 0) is 56.9 Å². The number of cyclic esters (lactones) is 1. The molecule has 218 valence electrons.